The van der Waals surface area contributed by atoms with Gasteiger partial charge in [-0.15, -0.1) is 11.3 Å². The number of nitrogens with zero attached hydrogens (tertiary/aromatic N) is 2. The fourth-order valence-electron chi connectivity index (χ4n) is 6.37. The molecule has 2 fully saturated rings. The Morgan fingerprint density at radius 3 is 2.16 bits per heavy atom. The van der Waals surface area contributed by atoms with Crippen molar-refractivity contribution < 1.29 is 35.5 Å². The molecule has 2 aliphatic rings. The Balaban J connectivity index is 1.35. The summed E-state index contributed by atoms with van der Waals surface area (Å²) in [4.78, 5) is 20.6. The van der Waals surface area contributed by atoms with E-state index in [0.717, 1.165) is 42.8 Å². The van der Waals surface area contributed by atoms with Crippen LogP contribution in [-0.2, 0) is 22.6 Å². The highest BCUT2D eigenvalue weighted by molar-refractivity contribution is 7.13. The maximum atomic E-state index is 13.9. The quantitative estimate of drug-likeness (QED) is 0.278. The van der Waals surface area contributed by atoms with Gasteiger partial charge in [-0.2, -0.15) is 26.3 Å². The number of carbonyl (C=O) groups excluding carboxylic acids is 1. The normalized spacial score (nSPS) is 22.9. The highest BCUT2D eigenvalue weighted by atomic mass is 32.1. The lowest BCUT2D eigenvalue weighted by Crippen LogP contribution is -2.46. The molecule has 232 valence electrons. The van der Waals surface area contributed by atoms with Gasteiger partial charge in [0, 0.05) is 11.4 Å². The predicted octanol–water partition coefficient (Wildman–Crippen LogP) is 7.45. The number of hydrogen-bond donors (Lipinski definition) is 2. The summed E-state index contributed by atoms with van der Waals surface area (Å²) in [6.45, 7) is 2.90. The number of piperidine rings is 1. The van der Waals surface area contributed by atoms with Crippen molar-refractivity contribution in [1.29, 1.82) is 0 Å². The Labute approximate surface area is 248 Å². The maximum Gasteiger partial charge on any atom is 0.416 e. The number of aromatic nitrogens is 1. The highest BCUT2D eigenvalue weighted by Gasteiger charge is 2.50. The molecule has 5 rings (SSSR count). The Hall–Kier alpha value is -3.19. The number of carbonyl (C=O) groups is 1. The Kier molecular flexibility index (Phi) is 8.51. The zero-order chi connectivity index (χ0) is 31.2. The lowest BCUT2D eigenvalue weighted by molar-refractivity contribution is -0.143. The first kappa shape index (κ1) is 31.2. The monoisotopic (exact) mass is 628 g/mol. The first-order valence-electron chi connectivity index (χ1n) is 14.0. The average Bonchev–Trinajstić information content (AvgIpc) is 3.60. The minimum atomic E-state index is -5.00. The number of anilines is 1. The number of rotatable bonds is 6. The van der Waals surface area contributed by atoms with E-state index in [9.17, 15) is 35.5 Å². The SMILES string of the molecule is CC(NC(=O)C1(c2csc(N)n2)CCC(N2CCC(c3ccc(F)cc3)CC2)C1)c1cc(C(F)(F)F)cc(C(F)(F)F)c1. The summed E-state index contributed by atoms with van der Waals surface area (Å²) in [6.07, 6.45) is -6.84. The highest BCUT2D eigenvalue weighted by Crippen LogP contribution is 2.46. The van der Waals surface area contributed by atoms with Crippen LogP contribution >= 0.6 is 11.3 Å². The van der Waals surface area contributed by atoms with Crippen molar-refractivity contribution in [2.24, 2.45) is 0 Å². The lowest BCUT2D eigenvalue weighted by atomic mass is 9.81. The van der Waals surface area contributed by atoms with Crippen LogP contribution in [0.3, 0.4) is 0 Å². The molecule has 1 aliphatic carbocycles. The molecule has 2 aromatic carbocycles. The van der Waals surface area contributed by atoms with Crippen LogP contribution in [0, 0.1) is 5.82 Å². The van der Waals surface area contributed by atoms with Gasteiger partial charge in [-0.05, 0) is 99.5 Å². The van der Waals surface area contributed by atoms with E-state index >= 15 is 0 Å². The van der Waals surface area contributed by atoms with Crippen LogP contribution in [0.15, 0.2) is 47.8 Å². The maximum absolute atomic E-state index is 13.9. The number of nitrogen functional groups attached to an aromatic ring is 1. The Morgan fingerprint density at radius 1 is 1.02 bits per heavy atom. The van der Waals surface area contributed by atoms with Crippen LogP contribution in [0.4, 0.5) is 35.9 Å². The van der Waals surface area contributed by atoms with E-state index in [1.54, 1.807) is 17.5 Å². The molecule has 1 saturated carbocycles. The fourth-order valence-corrected chi connectivity index (χ4v) is 7.04. The molecule has 0 radical (unpaired) electrons. The second-order valence-corrected chi connectivity index (χ2v) is 12.3. The molecule has 1 aliphatic heterocycles. The van der Waals surface area contributed by atoms with Crippen LogP contribution in [0.25, 0.3) is 0 Å². The van der Waals surface area contributed by atoms with Crippen molar-refractivity contribution in [3.63, 3.8) is 0 Å². The second kappa shape index (κ2) is 11.7. The van der Waals surface area contributed by atoms with Gasteiger partial charge < -0.3 is 16.0 Å². The van der Waals surface area contributed by atoms with E-state index in [1.807, 2.05) is 0 Å². The molecule has 43 heavy (non-hydrogen) atoms. The van der Waals surface area contributed by atoms with Crippen LogP contribution in [0.1, 0.15) is 78.9 Å². The number of nitrogens with one attached hydrogen (secondary N) is 1. The van der Waals surface area contributed by atoms with Crippen LogP contribution in [0.2, 0.25) is 0 Å². The zero-order valence-corrected chi connectivity index (χ0v) is 24.1. The number of thiazole rings is 1. The van der Waals surface area contributed by atoms with Gasteiger partial charge in [0.1, 0.15) is 5.82 Å². The minimum Gasteiger partial charge on any atom is -0.375 e. The third kappa shape index (κ3) is 6.67. The number of alkyl halides is 6. The molecule has 3 N–H and O–H groups in total. The van der Waals surface area contributed by atoms with Gasteiger partial charge in [-0.3, -0.25) is 4.79 Å². The number of hydrogen-bond acceptors (Lipinski definition) is 5. The first-order chi connectivity index (χ1) is 20.2. The van der Waals surface area contributed by atoms with E-state index in [-0.39, 0.29) is 28.6 Å². The Morgan fingerprint density at radius 2 is 1.63 bits per heavy atom. The standard InChI is InChI=1S/C30H31F7N4OS/c1-17(20-12-21(29(32,33)34)14-22(13-20)30(35,36)37)39-26(42)28(25-16-43-27(38)40-25)9-6-24(15-28)41-10-7-19(8-11-41)18-2-4-23(31)5-3-18/h2-5,12-14,16-17,19,24H,6-11,15H2,1H3,(H2,38,40)(H,39,42). The Bertz CT molecular complexity index is 1420. The molecule has 3 atom stereocenters. The summed E-state index contributed by atoms with van der Waals surface area (Å²) in [6, 6.07) is 6.72. The lowest BCUT2D eigenvalue weighted by Gasteiger charge is -2.37. The molecule has 3 aromatic rings. The van der Waals surface area contributed by atoms with Crippen molar-refractivity contribution in [1.82, 2.24) is 15.2 Å². The van der Waals surface area contributed by atoms with E-state index < -0.39 is 40.8 Å². The number of nitrogens with two attached hydrogens (primary N) is 1. The molecule has 13 heteroatoms. The third-order valence-corrected chi connectivity index (χ3v) is 9.45. The van der Waals surface area contributed by atoms with Crippen molar-refractivity contribution in [2.45, 2.75) is 74.8 Å². The minimum absolute atomic E-state index is 0.0172. The molecular formula is C30H31F7N4OS. The number of benzene rings is 2. The van der Waals surface area contributed by atoms with E-state index in [0.29, 0.717) is 43.0 Å². The smallest absolute Gasteiger partial charge is 0.375 e. The van der Waals surface area contributed by atoms with Crippen molar-refractivity contribution in [3.05, 3.63) is 81.6 Å². The second-order valence-electron chi connectivity index (χ2n) is 11.4. The van der Waals surface area contributed by atoms with Crippen molar-refractivity contribution >= 4 is 22.4 Å². The summed E-state index contributed by atoms with van der Waals surface area (Å²) >= 11 is 1.16. The topological polar surface area (TPSA) is 71.2 Å². The van der Waals surface area contributed by atoms with E-state index in [1.165, 1.54) is 19.1 Å². The predicted molar refractivity (Wildman–Crippen MR) is 149 cm³/mol. The molecule has 3 unspecified atom stereocenters. The molecule has 1 amide bonds. The van der Waals surface area contributed by atoms with Crippen LogP contribution < -0.4 is 11.1 Å². The van der Waals surface area contributed by atoms with Gasteiger partial charge in [0.2, 0.25) is 5.91 Å². The summed E-state index contributed by atoms with van der Waals surface area (Å²) < 4.78 is 94.1. The molecule has 5 nitrogen and oxygen atoms in total. The molecule has 0 bridgehead atoms. The molecule has 1 saturated heterocycles. The average molecular weight is 629 g/mol. The molecule has 1 aromatic heterocycles. The van der Waals surface area contributed by atoms with Gasteiger partial charge in [0.05, 0.1) is 28.3 Å². The van der Waals surface area contributed by atoms with E-state index in [4.69, 9.17) is 5.73 Å². The van der Waals surface area contributed by atoms with Crippen LogP contribution in [-0.4, -0.2) is 34.9 Å². The van der Waals surface area contributed by atoms with E-state index in [2.05, 4.69) is 15.2 Å². The first-order valence-corrected chi connectivity index (χ1v) is 14.8. The van der Waals surface area contributed by atoms with Crippen molar-refractivity contribution in [2.75, 3.05) is 18.8 Å². The number of likely N-dealkylation sites (tertiary alicyclic amines) is 1. The van der Waals surface area contributed by atoms with Gasteiger partial charge in [0.15, 0.2) is 5.13 Å². The summed E-state index contributed by atoms with van der Waals surface area (Å²) in [5.41, 5.74) is 3.10. The number of halogens is 7. The fraction of sp³-hybridized carbons (Fsp3) is 0.467. The summed E-state index contributed by atoms with van der Waals surface area (Å²) in [5.74, 6) is -0.507. The summed E-state index contributed by atoms with van der Waals surface area (Å²) in [7, 11) is 0. The summed E-state index contributed by atoms with van der Waals surface area (Å²) in [5, 5.41) is 4.65. The molecule has 2 heterocycles. The van der Waals surface area contributed by atoms with Crippen molar-refractivity contribution in [3.8, 4) is 0 Å². The van der Waals surface area contributed by atoms with Gasteiger partial charge >= 0.3 is 12.4 Å². The molecular weight excluding hydrogens is 597 g/mol. The van der Waals surface area contributed by atoms with Gasteiger partial charge in [0.25, 0.3) is 0 Å². The van der Waals surface area contributed by atoms with Gasteiger partial charge in [-0.1, -0.05) is 12.1 Å². The largest absolute Gasteiger partial charge is 0.416 e. The zero-order valence-electron chi connectivity index (χ0n) is 23.2. The van der Waals surface area contributed by atoms with Crippen LogP contribution in [0.5, 0.6) is 0 Å². The third-order valence-electron chi connectivity index (χ3n) is 8.78. The number of amides is 1. The molecule has 0 spiro atoms. The van der Waals surface area contributed by atoms with Gasteiger partial charge in [-0.25, -0.2) is 9.37 Å².